The maximum atomic E-state index is 9.36. The lowest BCUT2D eigenvalue weighted by Gasteiger charge is -2.00. The van der Waals surface area contributed by atoms with Crippen molar-refractivity contribution >= 4 is 6.08 Å². The summed E-state index contributed by atoms with van der Waals surface area (Å²) in [5.74, 6) is 0.134. The maximum Gasteiger partial charge on any atom is 0.126 e. The highest BCUT2D eigenvalue weighted by atomic mass is 16.3. The molecule has 0 aliphatic rings. The van der Waals surface area contributed by atoms with E-state index >= 15 is 0 Å². The second-order valence-electron chi connectivity index (χ2n) is 2.89. The van der Waals surface area contributed by atoms with E-state index in [0.717, 1.165) is 5.57 Å². The molecule has 13 heavy (non-hydrogen) atoms. The zero-order valence-electron chi connectivity index (χ0n) is 7.49. The number of phenols is 2. The van der Waals surface area contributed by atoms with Gasteiger partial charge in [0, 0.05) is 0 Å². The van der Waals surface area contributed by atoms with Crippen LogP contribution >= 0.6 is 0 Å². The zero-order chi connectivity index (χ0) is 9.84. The number of hydrogen-bond donors (Lipinski definition) is 2. The van der Waals surface area contributed by atoms with Crippen LogP contribution in [0, 0.1) is 0 Å². The van der Waals surface area contributed by atoms with Crippen LogP contribution in [0.15, 0.2) is 36.4 Å². The minimum absolute atomic E-state index is 0.0671. The van der Waals surface area contributed by atoms with Crippen molar-refractivity contribution in [1.82, 2.24) is 0 Å². The Kier molecular flexibility index (Phi) is 2.75. The first-order valence-electron chi connectivity index (χ1n) is 3.96. The summed E-state index contributed by atoms with van der Waals surface area (Å²) in [5, 5.41) is 18.7. The number of aromatic hydroxyl groups is 2. The predicted molar refractivity (Wildman–Crippen MR) is 53.6 cm³/mol. The Morgan fingerprint density at radius 2 is 1.85 bits per heavy atom. The molecule has 0 aliphatic heterocycles. The minimum Gasteiger partial charge on any atom is -0.507 e. The van der Waals surface area contributed by atoms with Crippen molar-refractivity contribution in [1.29, 1.82) is 0 Å². The van der Waals surface area contributed by atoms with Crippen LogP contribution in [-0.2, 0) is 0 Å². The van der Waals surface area contributed by atoms with Gasteiger partial charge in [0.05, 0.1) is 5.56 Å². The summed E-state index contributed by atoms with van der Waals surface area (Å²) in [6, 6.07) is 4.64. The molecule has 0 aliphatic carbocycles. The molecule has 68 valence electrons. The molecule has 0 aromatic heterocycles. The molecule has 0 radical (unpaired) electrons. The van der Waals surface area contributed by atoms with Gasteiger partial charge in [-0.15, -0.1) is 0 Å². The molecule has 0 fully saturated rings. The lowest BCUT2D eigenvalue weighted by molar-refractivity contribution is 0.448. The van der Waals surface area contributed by atoms with Crippen LogP contribution in [0.2, 0.25) is 0 Å². The molecule has 0 saturated heterocycles. The van der Waals surface area contributed by atoms with Crippen LogP contribution in [0.25, 0.3) is 6.08 Å². The van der Waals surface area contributed by atoms with E-state index < -0.39 is 0 Å². The molecule has 0 unspecified atom stereocenters. The van der Waals surface area contributed by atoms with Crippen molar-refractivity contribution in [3.8, 4) is 11.5 Å². The van der Waals surface area contributed by atoms with Crippen LogP contribution < -0.4 is 0 Å². The molecule has 0 heterocycles. The largest absolute Gasteiger partial charge is 0.507 e. The van der Waals surface area contributed by atoms with Gasteiger partial charge in [-0.25, -0.2) is 0 Å². The van der Waals surface area contributed by atoms with Crippen LogP contribution in [0.5, 0.6) is 11.5 Å². The second kappa shape index (κ2) is 3.81. The van der Waals surface area contributed by atoms with Crippen LogP contribution in [0.3, 0.4) is 0 Å². The molecule has 0 bridgehead atoms. The second-order valence-corrected chi connectivity index (χ2v) is 2.89. The van der Waals surface area contributed by atoms with Crippen LogP contribution in [0.1, 0.15) is 12.5 Å². The Hall–Kier alpha value is -1.70. The molecule has 0 amide bonds. The molecule has 1 aromatic rings. The van der Waals surface area contributed by atoms with E-state index in [2.05, 4.69) is 6.58 Å². The zero-order valence-corrected chi connectivity index (χ0v) is 7.49. The molecule has 1 rings (SSSR count). The Labute approximate surface area is 77.5 Å². The smallest absolute Gasteiger partial charge is 0.126 e. The molecule has 0 saturated carbocycles. The van der Waals surface area contributed by atoms with E-state index in [1.165, 1.54) is 12.1 Å². The van der Waals surface area contributed by atoms with Crippen LogP contribution in [-0.4, -0.2) is 10.2 Å². The molecule has 2 nitrogen and oxygen atoms in total. The normalized spacial score (nSPS) is 10.5. The van der Waals surface area contributed by atoms with Crippen molar-refractivity contribution in [2.45, 2.75) is 6.92 Å². The minimum atomic E-state index is 0.0671. The summed E-state index contributed by atoms with van der Waals surface area (Å²) in [5.41, 5.74) is 1.29. The summed E-state index contributed by atoms with van der Waals surface area (Å²) in [6.45, 7) is 5.52. The Morgan fingerprint density at radius 3 is 2.31 bits per heavy atom. The van der Waals surface area contributed by atoms with E-state index in [9.17, 15) is 10.2 Å². The third-order valence-corrected chi connectivity index (χ3v) is 1.59. The lowest BCUT2D eigenvalue weighted by Crippen LogP contribution is -1.76. The van der Waals surface area contributed by atoms with Gasteiger partial charge in [-0.2, -0.15) is 0 Å². The van der Waals surface area contributed by atoms with E-state index in [-0.39, 0.29) is 11.5 Å². The molecular formula is C11H12O2. The van der Waals surface area contributed by atoms with Gasteiger partial charge < -0.3 is 10.2 Å². The fourth-order valence-corrected chi connectivity index (χ4v) is 0.938. The summed E-state index contributed by atoms with van der Waals surface area (Å²) in [6.07, 6.45) is 3.36. The third-order valence-electron chi connectivity index (χ3n) is 1.59. The van der Waals surface area contributed by atoms with Crippen molar-refractivity contribution in [2.24, 2.45) is 0 Å². The molecule has 0 atom stereocenters. The Bertz CT molecular complexity index is 331. The molecule has 2 N–H and O–H groups in total. The fourth-order valence-electron chi connectivity index (χ4n) is 0.938. The van der Waals surface area contributed by atoms with Crippen LogP contribution in [0.4, 0.5) is 0 Å². The van der Waals surface area contributed by atoms with Gasteiger partial charge in [-0.05, 0) is 25.1 Å². The average molecular weight is 176 g/mol. The Morgan fingerprint density at radius 1 is 1.31 bits per heavy atom. The third kappa shape index (κ3) is 2.37. The van der Waals surface area contributed by atoms with Gasteiger partial charge in [0.1, 0.15) is 11.5 Å². The molecule has 0 spiro atoms. The summed E-state index contributed by atoms with van der Waals surface area (Å²) < 4.78 is 0. The summed E-state index contributed by atoms with van der Waals surface area (Å²) in [7, 11) is 0. The highest BCUT2D eigenvalue weighted by molar-refractivity contribution is 5.64. The molecular weight excluding hydrogens is 164 g/mol. The van der Waals surface area contributed by atoms with Gasteiger partial charge in [-0.1, -0.05) is 24.3 Å². The topological polar surface area (TPSA) is 40.5 Å². The van der Waals surface area contributed by atoms with Gasteiger partial charge in [0.25, 0.3) is 0 Å². The molecule has 1 aromatic carbocycles. The summed E-state index contributed by atoms with van der Waals surface area (Å²) in [4.78, 5) is 0. The van der Waals surface area contributed by atoms with Crippen molar-refractivity contribution in [3.63, 3.8) is 0 Å². The van der Waals surface area contributed by atoms with E-state index in [0.29, 0.717) is 5.56 Å². The quantitative estimate of drug-likeness (QED) is 0.680. The number of phenolic OH excluding ortho intramolecular Hbond substituents is 2. The first-order chi connectivity index (χ1) is 6.11. The standard InChI is InChI=1S/C11H12O2/c1-8(2)6-7-9-10(12)4-3-5-11(9)13/h3-7,12-13H,1H2,2H3/b7-6+. The van der Waals surface area contributed by atoms with Crippen molar-refractivity contribution < 1.29 is 10.2 Å². The SMILES string of the molecule is C=C(C)/C=C/c1c(O)cccc1O. The van der Waals surface area contributed by atoms with Crippen molar-refractivity contribution in [3.05, 3.63) is 42.0 Å². The lowest BCUT2D eigenvalue weighted by atomic mass is 10.1. The number of benzene rings is 1. The monoisotopic (exact) mass is 176 g/mol. The molecule has 2 heteroatoms. The van der Waals surface area contributed by atoms with Gasteiger partial charge in [0.15, 0.2) is 0 Å². The number of rotatable bonds is 2. The van der Waals surface area contributed by atoms with E-state index in [1.807, 2.05) is 6.92 Å². The first kappa shape index (κ1) is 9.39. The highest BCUT2D eigenvalue weighted by Gasteiger charge is 2.01. The predicted octanol–water partition coefficient (Wildman–Crippen LogP) is 2.69. The highest BCUT2D eigenvalue weighted by Crippen LogP contribution is 2.27. The fraction of sp³-hybridized carbons (Fsp3) is 0.0909. The van der Waals surface area contributed by atoms with Gasteiger partial charge >= 0.3 is 0 Å². The number of hydrogen-bond acceptors (Lipinski definition) is 2. The number of allylic oxidation sites excluding steroid dienone is 2. The Balaban J connectivity index is 3.06. The summed E-state index contributed by atoms with van der Waals surface area (Å²) >= 11 is 0. The van der Waals surface area contributed by atoms with Crippen molar-refractivity contribution in [2.75, 3.05) is 0 Å². The van der Waals surface area contributed by atoms with E-state index in [4.69, 9.17) is 0 Å². The average Bonchev–Trinajstić information content (AvgIpc) is 2.03. The van der Waals surface area contributed by atoms with E-state index in [1.54, 1.807) is 18.2 Å². The first-order valence-corrected chi connectivity index (χ1v) is 3.96. The van der Waals surface area contributed by atoms with Gasteiger partial charge in [0.2, 0.25) is 0 Å². The van der Waals surface area contributed by atoms with Gasteiger partial charge in [-0.3, -0.25) is 0 Å². The maximum absolute atomic E-state index is 9.36.